The van der Waals surface area contributed by atoms with E-state index in [9.17, 15) is 0 Å². The Balaban J connectivity index is 1.21. The van der Waals surface area contributed by atoms with E-state index in [1.807, 2.05) is 60.7 Å². The number of benzene rings is 7. The Morgan fingerprint density at radius 3 is 1.43 bits per heavy atom. The Hall–Kier alpha value is -5.67. The number of hydrogen-bond acceptors (Lipinski definition) is 3. The van der Waals surface area contributed by atoms with Crippen LogP contribution >= 0.6 is 0 Å². The molecule has 1 aromatic heterocycles. The van der Waals surface area contributed by atoms with Crippen LogP contribution < -0.4 is 4.46 Å². The maximum atomic E-state index is 4.99. The molecule has 0 saturated carbocycles. The normalized spacial score (nSPS) is 11.1. The number of hydrogen-bond donors (Lipinski definition) is 0. The van der Waals surface area contributed by atoms with Crippen molar-refractivity contribution >= 4 is 31.2 Å². The van der Waals surface area contributed by atoms with Crippen LogP contribution in [0.1, 0.15) is 0 Å². The fourth-order valence-corrected chi connectivity index (χ4v) is 6.84. The Labute approximate surface area is 282 Å². The molecule has 3 nitrogen and oxygen atoms in total. The van der Waals surface area contributed by atoms with Crippen LogP contribution in [-0.4, -0.2) is 31.0 Å². The second-order valence-corrected chi connectivity index (χ2v) is 12.3. The number of rotatable bonds is 6. The van der Waals surface area contributed by atoms with Gasteiger partial charge in [-0.15, -0.1) is 0 Å². The molecule has 47 heavy (non-hydrogen) atoms. The molecular weight excluding hydrogens is 637 g/mol. The summed E-state index contributed by atoms with van der Waals surface area (Å²) in [5.41, 5.74) is 9.98. The van der Waals surface area contributed by atoms with Crippen LogP contribution in [0.5, 0.6) is 0 Å². The standard InChI is InChI=1S/C43H28N3Se/c47-40-37(34-20-10-19-32(27-34)29-13-4-1-5-14-29)22-12-23-38(40)35-25-26-36-33(28-35)21-11-24-39(36)43-45-41(30-15-6-2-7-16-30)44-42(46-43)31-17-8-3-9-18-31/h1-28H. The van der Waals surface area contributed by atoms with Crippen molar-refractivity contribution in [3.8, 4) is 67.5 Å². The molecule has 8 rings (SSSR count). The number of nitrogens with zero attached hydrogens (tertiary/aromatic N) is 3. The molecule has 0 amide bonds. The second kappa shape index (κ2) is 12.6. The molecule has 4 heteroatoms. The van der Waals surface area contributed by atoms with Crippen molar-refractivity contribution in [2.45, 2.75) is 0 Å². The molecule has 8 aromatic rings. The summed E-state index contributed by atoms with van der Waals surface area (Å²) in [5.74, 6) is 1.96. The Bertz CT molecular complexity index is 2300. The van der Waals surface area contributed by atoms with Gasteiger partial charge in [0.2, 0.25) is 0 Å². The predicted molar refractivity (Wildman–Crippen MR) is 195 cm³/mol. The fourth-order valence-electron chi connectivity index (χ4n) is 6.06. The van der Waals surface area contributed by atoms with Gasteiger partial charge >= 0.3 is 247 Å². The monoisotopic (exact) mass is 666 g/mol. The van der Waals surface area contributed by atoms with E-state index in [0.29, 0.717) is 17.5 Å². The summed E-state index contributed by atoms with van der Waals surface area (Å²) < 4.78 is 1.13. The van der Waals surface area contributed by atoms with E-state index in [1.165, 1.54) is 22.3 Å². The van der Waals surface area contributed by atoms with E-state index >= 15 is 0 Å². The van der Waals surface area contributed by atoms with Gasteiger partial charge in [-0.1, -0.05) is 36.4 Å². The molecule has 0 spiro atoms. The third-order valence-electron chi connectivity index (χ3n) is 8.43. The summed E-state index contributed by atoms with van der Waals surface area (Å²) in [7, 11) is 0. The van der Waals surface area contributed by atoms with Gasteiger partial charge in [-0.3, -0.25) is 0 Å². The summed E-state index contributed by atoms with van der Waals surface area (Å²) in [6.07, 6.45) is 0. The average molecular weight is 666 g/mol. The van der Waals surface area contributed by atoms with Crippen molar-refractivity contribution in [1.29, 1.82) is 0 Å². The summed E-state index contributed by atoms with van der Waals surface area (Å²) in [5, 5.41) is 2.22. The molecule has 0 aliphatic carbocycles. The molecule has 0 saturated heterocycles. The van der Waals surface area contributed by atoms with Crippen LogP contribution in [0.2, 0.25) is 0 Å². The van der Waals surface area contributed by atoms with Crippen molar-refractivity contribution in [2.24, 2.45) is 0 Å². The van der Waals surface area contributed by atoms with E-state index in [-0.39, 0.29) is 0 Å². The van der Waals surface area contributed by atoms with Gasteiger partial charge in [0.1, 0.15) is 0 Å². The van der Waals surface area contributed by atoms with Gasteiger partial charge in [-0.2, -0.15) is 0 Å². The van der Waals surface area contributed by atoms with Crippen molar-refractivity contribution in [1.82, 2.24) is 15.0 Å². The summed E-state index contributed by atoms with van der Waals surface area (Å²) in [4.78, 5) is 14.9. The first kappa shape index (κ1) is 28.8. The van der Waals surface area contributed by atoms with Crippen molar-refractivity contribution in [2.75, 3.05) is 0 Å². The Kier molecular flexibility index (Phi) is 7.72. The third kappa shape index (κ3) is 5.77. The quantitative estimate of drug-likeness (QED) is 0.166. The summed E-state index contributed by atoms with van der Waals surface area (Å²) in [6, 6.07) is 59.0. The van der Waals surface area contributed by atoms with Crippen LogP contribution in [-0.2, 0) is 0 Å². The summed E-state index contributed by atoms with van der Waals surface area (Å²) >= 11 is 3.40. The number of fused-ring (bicyclic) bond motifs is 1. The Morgan fingerprint density at radius 2 is 0.787 bits per heavy atom. The predicted octanol–water partition coefficient (Wildman–Crippen LogP) is 9.82. The van der Waals surface area contributed by atoms with E-state index in [1.54, 1.807) is 0 Å². The zero-order valence-electron chi connectivity index (χ0n) is 25.4. The van der Waals surface area contributed by atoms with Gasteiger partial charge in [-0.25, -0.2) is 0 Å². The second-order valence-electron chi connectivity index (χ2n) is 11.4. The maximum absolute atomic E-state index is 4.99. The van der Waals surface area contributed by atoms with Gasteiger partial charge in [0.15, 0.2) is 0 Å². The molecule has 0 unspecified atom stereocenters. The van der Waals surface area contributed by atoms with Crippen LogP contribution in [0, 0.1) is 0 Å². The molecule has 0 bridgehead atoms. The molecule has 1 heterocycles. The summed E-state index contributed by atoms with van der Waals surface area (Å²) in [6.45, 7) is 0. The third-order valence-corrected chi connectivity index (χ3v) is 9.35. The van der Waals surface area contributed by atoms with E-state index in [4.69, 9.17) is 15.0 Å². The molecular formula is C43H28N3Se. The van der Waals surface area contributed by atoms with Crippen LogP contribution in [0.25, 0.3) is 78.3 Å². The van der Waals surface area contributed by atoms with Gasteiger partial charge < -0.3 is 0 Å². The van der Waals surface area contributed by atoms with Gasteiger partial charge in [0.05, 0.1) is 0 Å². The zero-order chi connectivity index (χ0) is 31.6. The van der Waals surface area contributed by atoms with Crippen molar-refractivity contribution in [3.63, 3.8) is 0 Å². The van der Waals surface area contributed by atoms with Gasteiger partial charge in [0.25, 0.3) is 0 Å². The van der Waals surface area contributed by atoms with Crippen LogP contribution in [0.15, 0.2) is 170 Å². The first-order valence-corrected chi connectivity index (χ1v) is 16.4. The van der Waals surface area contributed by atoms with Crippen LogP contribution in [0.3, 0.4) is 0 Å². The molecule has 0 N–H and O–H groups in total. The molecule has 0 fully saturated rings. The fraction of sp³-hybridized carbons (Fsp3) is 0. The molecule has 0 aliphatic rings. The molecule has 0 atom stereocenters. The minimum atomic E-state index is 0.654. The van der Waals surface area contributed by atoms with Gasteiger partial charge in [-0.05, 0) is 0 Å². The molecule has 0 aliphatic heterocycles. The molecule has 1 radical (unpaired) electrons. The molecule has 7 aromatic carbocycles. The topological polar surface area (TPSA) is 38.7 Å². The van der Waals surface area contributed by atoms with Crippen molar-refractivity contribution < 1.29 is 0 Å². The van der Waals surface area contributed by atoms with E-state index in [0.717, 1.165) is 43.1 Å². The van der Waals surface area contributed by atoms with Crippen molar-refractivity contribution in [3.05, 3.63) is 170 Å². The van der Waals surface area contributed by atoms with E-state index in [2.05, 4.69) is 125 Å². The zero-order valence-corrected chi connectivity index (χ0v) is 27.1. The van der Waals surface area contributed by atoms with Gasteiger partial charge in [0, 0.05) is 0 Å². The first-order chi connectivity index (χ1) is 23.2. The number of aromatic nitrogens is 3. The SMILES string of the molecule is [Se]c1c(-c2cccc(-c3ccccc3)c2)cccc1-c1ccc2c(-c3nc(-c4ccccc4)nc(-c4ccccc4)n3)cccc2c1. The minimum absolute atomic E-state index is 0.654. The Morgan fingerprint density at radius 1 is 0.319 bits per heavy atom. The van der Waals surface area contributed by atoms with E-state index < -0.39 is 0 Å². The average Bonchev–Trinajstić information content (AvgIpc) is 3.15. The van der Waals surface area contributed by atoms with Crippen LogP contribution in [0.4, 0.5) is 0 Å². The first-order valence-electron chi connectivity index (χ1n) is 15.6. The molecule has 221 valence electrons.